The number of nitrogens with one attached hydrogen (secondary N) is 2. The van der Waals surface area contributed by atoms with Gasteiger partial charge >= 0.3 is 0 Å². The van der Waals surface area contributed by atoms with Gasteiger partial charge in [0.05, 0.1) is 0 Å². The Hall–Kier alpha value is -1.28. The molecule has 2 aliphatic rings. The summed E-state index contributed by atoms with van der Waals surface area (Å²) in [5, 5.41) is 4.97. The number of H-pyrrole nitrogens is 1. The summed E-state index contributed by atoms with van der Waals surface area (Å²) in [5.74, 6) is 1.86. The number of para-hydroxylation sites is 1. The lowest BCUT2D eigenvalue weighted by atomic mass is 10.1. The third-order valence-corrected chi connectivity index (χ3v) is 6.46. The minimum atomic E-state index is 0. The third kappa shape index (κ3) is 5.26. The number of aryl methyl sites for hydroxylation is 1. The molecule has 5 nitrogen and oxygen atoms in total. The highest BCUT2D eigenvalue weighted by Crippen LogP contribution is 2.23. The SMILES string of the molecule is CCc1cccc2c(CCNC(=NC)N3CCC(CN4CCCC4)C3)c[nH]c12.I. The second-order valence-corrected chi connectivity index (χ2v) is 8.34. The lowest BCUT2D eigenvalue weighted by Gasteiger charge is -2.23. The molecule has 1 aromatic carbocycles. The van der Waals surface area contributed by atoms with Gasteiger partial charge in [-0.25, -0.2) is 0 Å². The molecule has 2 saturated heterocycles. The first-order valence-electron chi connectivity index (χ1n) is 11.0. The molecule has 2 N–H and O–H groups in total. The van der Waals surface area contributed by atoms with Gasteiger partial charge in [0.1, 0.15) is 0 Å². The summed E-state index contributed by atoms with van der Waals surface area (Å²) in [6.07, 6.45) is 8.31. The summed E-state index contributed by atoms with van der Waals surface area (Å²) in [5.41, 5.74) is 4.09. The molecule has 1 aromatic heterocycles. The van der Waals surface area contributed by atoms with Crippen LogP contribution in [-0.2, 0) is 12.8 Å². The quantitative estimate of drug-likeness (QED) is 0.353. The maximum Gasteiger partial charge on any atom is 0.193 e. The summed E-state index contributed by atoms with van der Waals surface area (Å²) in [4.78, 5) is 13.1. The molecule has 0 bridgehead atoms. The Balaban J connectivity index is 0.00000240. The lowest BCUT2D eigenvalue weighted by molar-refractivity contribution is 0.281. The van der Waals surface area contributed by atoms with Crippen molar-refractivity contribution < 1.29 is 0 Å². The Morgan fingerprint density at radius 2 is 2.03 bits per heavy atom. The Morgan fingerprint density at radius 1 is 1.21 bits per heavy atom. The van der Waals surface area contributed by atoms with E-state index in [0.717, 1.165) is 44.4 Å². The summed E-state index contributed by atoms with van der Waals surface area (Å²) in [6.45, 7) is 9.27. The largest absolute Gasteiger partial charge is 0.361 e. The Labute approximate surface area is 192 Å². The number of halogens is 1. The van der Waals surface area contributed by atoms with Gasteiger partial charge in [-0.2, -0.15) is 0 Å². The van der Waals surface area contributed by atoms with E-state index in [2.05, 4.69) is 56.4 Å². The lowest BCUT2D eigenvalue weighted by Crippen LogP contribution is -2.41. The number of aromatic nitrogens is 1. The van der Waals surface area contributed by atoms with Gasteiger partial charge in [-0.3, -0.25) is 4.99 Å². The molecule has 2 aliphatic heterocycles. The number of fused-ring (bicyclic) bond motifs is 1. The van der Waals surface area contributed by atoms with E-state index in [-0.39, 0.29) is 24.0 Å². The van der Waals surface area contributed by atoms with Crippen molar-refractivity contribution in [2.45, 2.75) is 39.0 Å². The van der Waals surface area contributed by atoms with Crippen LogP contribution in [0.1, 0.15) is 37.3 Å². The van der Waals surface area contributed by atoms with Crippen molar-refractivity contribution in [3.8, 4) is 0 Å². The molecule has 2 aromatic rings. The van der Waals surface area contributed by atoms with Crippen LogP contribution in [0.3, 0.4) is 0 Å². The van der Waals surface area contributed by atoms with E-state index in [1.165, 1.54) is 60.9 Å². The number of guanidine groups is 1. The third-order valence-electron chi connectivity index (χ3n) is 6.46. The first-order valence-corrected chi connectivity index (χ1v) is 11.0. The Kier molecular flexibility index (Phi) is 8.24. The monoisotopic (exact) mass is 509 g/mol. The van der Waals surface area contributed by atoms with Gasteiger partial charge in [-0.1, -0.05) is 25.1 Å². The highest BCUT2D eigenvalue weighted by Gasteiger charge is 2.27. The molecule has 0 spiro atoms. The first kappa shape index (κ1) is 22.4. The zero-order valence-corrected chi connectivity index (χ0v) is 20.2. The second-order valence-electron chi connectivity index (χ2n) is 8.34. The van der Waals surface area contributed by atoms with Crippen LogP contribution in [0.5, 0.6) is 0 Å². The average Bonchev–Trinajstić information content (AvgIpc) is 3.47. The molecule has 1 unspecified atom stereocenters. The summed E-state index contributed by atoms with van der Waals surface area (Å²) in [6, 6.07) is 6.63. The van der Waals surface area contributed by atoms with Crippen LogP contribution in [0.4, 0.5) is 0 Å². The van der Waals surface area contributed by atoms with Gasteiger partial charge in [-0.15, -0.1) is 24.0 Å². The molecule has 4 rings (SSSR count). The Morgan fingerprint density at radius 3 is 2.79 bits per heavy atom. The second kappa shape index (κ2) is 10.7. The minimum Gasteiger partial charge on any atom is -0.361 e. The normalized spacial score (nSPS) is 20.4. The van der Waals surface area contributed by atoms with Crippen LogP contribution in [0.25, 0.3) is 10.9 Å². The fourth-order valence-corrected chi connectivity index (χ4v) is 4.92. The van der Waals surface area contributed by atoms with Crippen molar-refractivity contribution in [2.24, 2.45) is 10.9 Å². The summed E-state index contributed by atoms with van der Waals surface area (Å²) >= 11 is 0. The predicted molar refractivity (Wildman–Crippen MR) is 134 cm³/mol. The molecule has 160 valence electrons. The molecule has 0 aliphatic carbocycles. The van der Waals surface area contributed by atoms with Gasteiger partial charge in [0.2, 0.25) is 0 Å². The van der Waals surface area contributed by atoms with Crippen molar-refractivity contribution >= 4 is 40.8 Å². The zero-order chi connectivity index (χ0) is 19.3. The summed E-state index contributed by atoms with van der Waals surface area (Å²) < 4.78 is 0. The minimum absolute atomic E-state index is 0. The van der Waals surface area contributed by atoms with Gasteiger partial charge in [0, 0.05) is 50.3 Å². The van der Waals surface area contributed by atoms with Gasteiger partial charge in [-0.05, 0) is 62.2 Å². The van der Waals surface area contributed by atoms with Gasteiger partial charge in [0.15, 0.2) is 5.96 Å². The molecule has 0 saturated carbocycles. The smallest absolute Gasteiger partial charge is 0.193 e. The standard InChI is InChI=1S/C23H35N5.HI/c1-3-19-7-6-8-21-20(15-26-22(19)21)9-11-25-23(24-2)28-14-10-18(17-28)16-27-12-4-5-13-27;/h6-8,15,18,26H,3-5,9-14,16-17H2,1-2H3,(H,24,25);1H. The van der Waals surface area contributed by atoms with Crippen molar-refractivity contribution in [3.63, 3.8) is 0 Å². The van der Waals surface area contributed by atoms with Crippen molar-refractivity contribution in [3.05, 3.63) is 35.5 Å². The first-order chi connectivity index (χ1) is 13.8. The van der Waals surface area contributed by atoms with Crippen LogP contribution >= 0.6 is 24.0 Å². The number of aromatic amines is 1. The number of hydrogen-bond donors (Lipinski definition) is 2. The highest BCUT2D eigenvalue weighted by molar-refractivity contribution is 14.0. The zero-order valence-electron chi connectivity index (χ0n) is 17.9. The van der Waals surface area contributed by atoms with E-state index < -0.39 is 0 Å². The molecule has 3 heterocycles. The predicted octanol–water partition coefficient (Wildman–Crippen LogP) is 3.88. The van der Waals surface area contributed by atoms with Crippen LogP contribution in [0.15, 0.2) is 29.4 Å². The fourth-order valence-electron chi connectivity index (χ4n) is 4.92. The number of likely N-dealkylation sites (tertiary alicyclic amines) is 2. The molecular formula is C23H36IN5. The average molecular weight is 509 g/mol. The van der Waals surface area contributed by atoms with E-state index in [0.29, 0.717) is 0 Å². The van der Waals surface area contributed by atoms with E-state index in [1.807, 2.05) is 7.05 Å². The molecule has 2 fully saturated rings. The number of nitrogens with zero attached hydrogens (tertiary/aromatic N) is 3. The molecule has 6 heteroatoms. The maximum absolute atomic E-state index is 4.55. The molecular weight excluding hydrogens is 473 g/mol. The highest BCUT2D eigenvalue weighted by atomic mass is 127. The molecule has 0 radical (unpaired) electrons. The van der Waals surface area contributed by atoms with Crippen LogP contribution in [0.2, 0.25) is 0 Å². The number of hydrogen-bond acceptors (Lipinski definition) is 2. The number of benzene rings is 1. The summed E-state index contributed by atoms with van der Waals surface area (Å²) in [7, 11) is 1.91. The van der Waals surface area contributed by atoms with E-state index in [1.54, 1.807) is 0 Å². The molecule has 1 atom stereocenters. The van der Waals surface area contributed by atoms with Gasteiger partial charge in [0.25, 0.3) is 0 Å². The molecule has 29 heavy (non-hydrogen) atoms. The number of aliphatic imine (C=N–C) groups is 1. The van der Waals surface area contributed by atoms with E-state index in [4.69, 9.17) is 0 Å². The van der Waals surface area contributed by atoms with Crippen LogP contribution in [-0.4, -0.2) is 67.1 Å². The number of rotatable bonds is 6. The van der Waals surface area contributed by atoms with Crippen molar-refractivity contribution in [1.82, 2.24) is 20.1 Å². The molecule has 0 amide bonds. The maximum atomic E-state index is 4.55. The van der Waals surface area contributed by atoms with Crippen LogP contribution < -0.4 is 5.32 Å². The van der Waals surface area contributed by atoms with Gasteiger partial charge < -0.3 is 20.1 Å². The van der Waals surface area contributed by atoms with Crippen LogP contribution in [0, 0.1) is 5.92 Å². The van der Waals surface area contributed by atoms with E-state index in [9.17, 15) is 0 Å². The topological polar surface area (TPSA) is 46.7 Å². The van der Waals surface area contributed by atoms with Crippen molar-refractivity contribution in [1.29, 1.82) is 0 Å². The fraction of sp³-hybridized carbons (Fsp3) is 0.609. The van der Waals surface area contributed by atoms with Crippen molar-refractivity contribution in [2.75, 3.05) is 46.3 Å². The van der Waals surface area contributed by atoms with E-state index >= 15 is 0 Å². The Bertz CT molecular complexity index is 809.